The number of fused-ring (bicyclic) bond motifs is 2. The monoisotopic (exact) mass is 627 g/mol. The molecular formula is C25H23ClF5N9O3. The third-order valence-electron chi connectivity index (χ3n) is 7.29. The van der Waals surface area contributed by atoms with Crippen molar-refractivity contribution < 1.29 is 36.6 Å². The van der Waals surface area contributed by atoms with Gasteiger partial charge in [0, 0.05) is 29.6 Å². The molecule has 4 heterocycles. The Bertz CT molecular complexity index is 1790. The zero-order valence-corrected chi connectivity index (χ0v) is 23.4. The van der Waals surface area contributed by atoms with Gasteiger partial charge in [-0.3, -0.25) is 19.0 Å². The lowest BCUT2D eigenvalue weighted by Crippen LogP contribution is -2.37. The molecule has 12 nitrogen and oxygen atoms in total. The molecule has 0 unspecified atom stereocenters. The Kier molecular flexibility index (Phi) is 6.86. The summed E-state index contributed by atoms with van der Waals surface area (Å²) < 4.78 is 67.9. The van der Waals surface area contributed by atoms with Crippen LogP contribution in [0.1, 0.15) is 38.4 Å². The molecule has 0 spiro atoms. The molecule has 0 saturated carbocycles. The van der Waals surface area contributed by atoms with E-state index in [1.807, 2.05) is 0 Å². The Morgan fingerprint density at radius 3 is 2.53 bits per heavy atom. The minimum Gasteiger partial charge on any atom is -0.481 e. The number of hydrogen-bond donors (Lipinski definition) is 3. The summed E-state index contributed by atoms with van der Waals surface area (Å²) in [6.45, 7) is 3.66. The maximum atomic E-state index is 13.7. The lowest BCUT2D eigenvalue weighted by Gasteiger charge is -2.20. The average molecular weight is 628 g/mol. The number of hydrogen-bond acceptors (Lipinski definition) is 8. The molecular weight excluding hydrogens is 605 g/mol. The van der Waals surface area contributed by atoms with Gasteiger partial charge in [0.15, 0.2) is 5.82 Å². The van der Waals surface area contributed by atoms with E-state index in [0.29, 0.717) is 0 Å². The second kappa shape index (κ2) is 9.82. The third kappa shape index (κ3) is 5.00. The highest BCUT2D eigenvalue weighted by atomic mass is 35.5. The number of carbonyl (C=O) groups excluding carboxylic acids is 1. The molecule has 3 aromatic heterocycles. The van der Waals surface area contributed by atoms with E-state index in [0.717, 1.165) is 4.68 Å². The first kappa shape index (κ1) is 30.1. The highest BCUT2D eigenvalue weighted by Crippen LogP contribution is 2.45. The van der Waals surface area contributed by atoms with Crippen molar-refractivity contribution in [3.05, 3.63) is 40.7 Å². The quantitative estimate of drug-likeness (QED) is 0.242. The lowest BCUT2D eigenvalue weighted by molar-refractivity contribution is -0.285. The fourth-order valence-electron chi connectivity index (χ4n) is 4.71. The highest BCUT2D eigenvalue weighted by molar-refractivity contribution is 6.31. The van der Waals surface area contributed by atoms with Crippen LogP contribution in [-0.4, -0.2) is 63.8 Å². The number of aromatic nitrogens is 7. The van der Waals surface area contributed by atoms with Crippen molar-refractivity contribution in [3.63, 3.8) is 0 Å². The number of carbonyl (C=O) groups is 2. The standard InChI is InChI=1S/C25H23ClF5N9O3/c1-22(2,21(42)43)10-39-9-14(36-38-39)23(3)15-17(32)33-19(34-18(15)35-20(23)41)16-12-5-4-11(26)8-13(12)40(37-16)7-6-24(27,28)25(29,30)31/h4-5,8-9H,6-7,10H2,1-3H3,(H,42,43)(H3,32,33,34,35,41)/t23-/m1/s1. The van der Waals surface area contributed by atoms with Crippen LogP contribution in [0.5, 0.6) is 0 Å². The van der Waals surface area contributed by atoms with E-state index in [1.165, 1.54) is 49.8 Å². The van der Waals surface area contributed by atoms with Gasteiger partial charge in [0.1, 0.15) is 28.4 Å². The molecule has 0 radical (unpaired) electrons. The van der Waals surface area contributed by atoms with Crippen molar-refractivity contribution in [3.8, 4) is 11.5 Å². The molecule has 1 aliphatic rings. The molecule has 1 aliphatic heterocycles. The summed E-state index contributed by atoms with van der Waals surface area (Å²) in [5, 5.41) is 24.8. The van der Waals surface area contributed by atoms with Gasteiger partial charge < -0.3 is 16.2 Å². The minimum absolute atomic E-state index is 0.00110. The second-order valence-electron chi connectivity index (χ2n) is 10.9. The maximum absolute atomic E-state index is 13.7. The molecule has 0 aliphatic carbocycles. The zero-order valence-electron chi connectivity index (χ0n) is 22.7. The molecule has 1 atom stereocenters. The van der Waals surface area contributed by atoms with Crippen LogP contribution in [0.25, 0.3) is 22.4 Å². The largest absolute Gasteiger partial charge is 0.481 e. The van der Waals surface area contributed by atoms with E-state index in [9.17, 15) is 36.6 Å². The van der Waals surface area contributed by atoms with Crippen molar-refractivity contribution in [2.45, 2.75) is 57.8 Å². The number of halogens is 6. The summed E-state index contributed by atoms with van der Waals surface area (Å²) >= 11 is 6.06. The SMILES string of the molecule is CC(C)(Cn1cc([C@@]2(C)C(=O)Nc3nc(-c4nn(CCC(F)(F)C(F)(F)F)c5cc(Cl)ccc45)nc(N)c32)nn1)C(=O)O. The van der Waals surface area contributed by atoms with Gasteiger partial charge >= 0.3 is 18.1 Å². The molecule has 1 amide bonds. The fraction of sp³-hybridized carbons (Fsp3) is 0.400. The van der Waals surface area contributed by atoms with Crippen molar-refractivity contribution >= 4 is 46.0 Å². The summed E-state index contributed by atoms with van der Waals surface area (Å²) in [5.41, 5.74) is 4.06. The first-order chi connectivity index (χ1) is 19.8. The van der Waals surface area contributed by atoms with E-state index in [-0.39, 0.29) is 56.9 Å². The van der Waals surface area contributed by atoms with Crippen LogP contribution < -0.4 is 11.1 Å². The normalized spacial score (nSPS) is 17.4. The zero-order chi connectivity index (χ0) is 31.7. The van der Waals surface area contributed by atoms with Gasteiger partial charge in [0.25, 0.3) is 0 Å². The summed E-state index contributed by atoms with van der Waals surface area (Å²) in [5.74, 6) is -6.91. The third-order valence-corrected chi connectivity index (χ3v) is 7.52. The number of carboxylic acids is 1. The summed E-state index contributed by atoms with van der Waals surface area (Å²) in [6.07, 6.45) is -5.90. The van der Waals surface area contributed by atoms with Crippen LogP contribution in [0.2, 0.25) is 5.02 Å². The number of nitrogens with zero attached hydrogens (tertiary/aromatic N) is 7. The van der Waals surface area contributed by atoms with E-state index >= 15 is 0 Å². The predicted molar refractivity (Wildman–Crippen MR) is 142 cm³/mol. The van der Waals surface area contributed by atoms with Gasteiger partial charge in [-0.1, -0.05) is 16.8 Å². The number of carboxylic acid groups (broad SMARTS) is 1. The number of aliphatic carboxylic acids is 1. The molecule has 1 aromatic carbocycles. The number of nitrogen functional groups attached to an aromatic ring is 1. The number of amides is 1. The van der Waals surface area contributed by atoms with Gasteiger partial charge in [0.2, 0.25) is 5.91 Å². The van der Waals surface area contributed by atoms with Gasteiger partial charge in [-0.25, -0.2) is 9.97 Å². The first-order valence-corrected chi connectivity index (χ1v) is 13.0. The van der Waals surface area contributed by atoms with Crippen LogP contribution in [0.4, 0.5) is 33.6 Å². The van der Waals surface area contributed by atoms with Crippen LogP contribution >= 0.6 is 11.6 Å². The number of nitrogens with one attached hydrogen (secondary N) is 1. The van der Waals surface area contributed by atoms with Crippen LogP contribution in [0, 0.1) is 5.41 Å². The Morgan fingerprint density at radius 2 is 1.88 bits per heavy atom. The van der Waals surface area contributed by atoms with Gasteiger partial charge in [-0.2, -0.15) is 27.1 Å². The lowest BCUT2D eigenvalue weighted by atomic mass is 9.81. The molecule has 4 N–H and O–H groups in total. The molecule has 4 aromatic rings. The molecule has 228 valence electrons. The van der Waals surface area contributed by atoms with Crippen LogP contribution in [-0.2, 0) is 28.1 Å². The molecule has 43 heavy (non-hydrogen) atoms. The van der Waals surface area contributed by atoms with Crippen molar-refractivity contribution in [1.29, 1.82) is 0 Å². The van der Waals surface area contributed by atoms with E-state index in [2.05, 4.69) is 30.7 Å². The number of alkyl halides is 5. The first-order valence-electron chi connectivity index (χ1n) is 12.6. The Labute approximate surface area is 244 Å². The van der Waals surface area contributed by atoms with Crippen molar-refractivity contribution in [1.82, 2.24) is 34.7 Å². The Balaban J connectivity index is 1.55. The summed E-state index contributed by atoms with van der Waals surface area (Å²) in [6, 6.07) is 4.29. The topological polar surface area (TPSA) is 167 Å². The number of anilines is 2. The van der Waals surface area contributed by atoms with E-state index in [4.69, 9.17) is 17.3 Å². The van der Waals surface area contributed by atoms with Gasteiger partial charge in [-0.05, 0) is 39.0 Å². The fourth-order valence-corrected chi connectivity index (χ4v) is 4.87. The molecule has 0 saturated heterocycles. The van der Waals surface area contributed by atoms with Crippen molar-refractivity contribution in [2.24, 2.45) is 5.41 Å². The predicted octanol–water partition coefficient (Wildman–Crippen LogP) is 4.28. The van der Waals surface area contributed by atoms with Crippen LogP contribution in [0.3, 0.4) is 0 Å². The smallest absolute Gasteiger partial charge is 0.453 e. The van der Waals surface area contributed by atoms with Crippen LogP contribution in [0.15, 0.2) is 24.4 Å². The molecule has 0 fully saturated rings. The summed E-state index contributed by atoms with van der Waals surface area (Å²) in [7, 11) is 0. The summed E-state index contributed by atoms with van der Waals surface area (Å²) in [4.78, 5) is 33.5. The Hall–Kier alpha value is -4.41. The molecule has 0 bridgehead atoms. The maximum Gasteiger partial charge on any atom is 0.453 e. The average Bonchev–Trinajstić information content (AvgIpc) is 3.57. The van der Waals surface area contributed by atoms with Gasteiger partial charge in [0.05, 0.1) is 23.0 Å². The number of nitrogens with two attached hydrogens (primary N) is 1. The highest BCUT2D eigenvalue weighted by Gasteiger charge is 2.57. The van der Waals surface area contributed by atoms with E-state index in [1.54, 1.807) is 0 Å². The molecule has 5 rings (SSSR count). The number of aryl methyl sites for hydroxylation is 1. The van der Waals surface area contributed by atoms with Gasteiger partial charge in [-0.15, -0.1) is 5.10 Å². The number of benzene rings is 1. The number of rotatable bonds is 8. The Morgan fingerprint density at radius 1 is 1.19 bits per heavy atom. The molecule has 18 heteroatoms. The second-order valence-corrected chi connectivity index (χ2v) is 11.3. The minimum atomic E-state index is -5.74. The van der Waals surface area contributed by atoms with Crippen molar-refractivity contribution in [2.75, 3.05) is 11.1 Å². The van der Waals surface area contributed by atoms with E-state index < -0.39 is 47.8 Å².